The summed E-state index contributed by atoms with van der Waals surface area (Å²) in [5.74, 6) is -1.74. The van der Waals surface area contributed by atoms with Gasteiger partial charge in [-0.05, 0) is 33.7 Å². The topological polar surface area (TPSA) is 112 Å². The van der Waals surface area contributed by atoms with E-state index in [1.54, 1.807) is 36.4 Å². The van der Waals surface area contributed by atoms with Crippen molar-refractivity contribution in [2.75, 3.05) is 13.2 Å². The van der Waals surface area contributed by atoms with Crippen LogP contribution in [0.3, 0.4) is 0 Å². The van der Waals surface area contributed by atoms with E-state index in [4.69, 9.17) is 18.9 Å². The molecule has 36 heavy (non-hydrogen) atoms. The molecule has 8 nitrogen and oxygen atoms in total. The van der Waals surface area contributed by atoms with Gasteiger partial charge in [-0.25, -0.2) is 9.59 Å². The molecule has 0 bridgehead atoms. The molecule has 0 aromatic heterocycles. The number of esters is 2. The highest BCUT2D eigenvalue weighted by molar-refractivity contribution is 6.07. The Hall–Kier alpha value is -4.14. The predicted molar refractivity (Wildman–Crippen MR) is 129 cm³/mol. The number of fused-ring (bicyclic) bond motifs is 3. The molecule has 0 spiro atoms. The lowest BCUT2D eigenvalue weighted by molar-refractivity contribution is -0.0287. The van der Waals surface area contributed by atoms with E-state index >= 15 is 0 Å². The Morgan fingerprint density at radius 2 is 1.06 bits per heavy atom. The van der Waals surface area contributed by atoms with Crippen molar-refractivity contribution in [3.8, 4) is 11.5 Å². The third-order valence-corrected chi connectivity index (χ3v) is 6.70. The number of hydrogen-bond acceptors (Lipinski definition) is 8. The van der Waals surface area contributed by atoms with Crippen LogP contribution in [0.4, 0.5) is 0 Å². The molecule has 0 amide bonds. The molecule has 2 aliphatic rings. The minimum atomic E-state index is -0.740. The Kier molecular flexibility index (Phi) is 5.47. The number of phenolic OH excluding ortho intramolecular Hbond substituents is 2. The van der Waals surface area contributed by atoms with Gasteiger partial charge in [-0.2, -0.15) is 0 Å². The number of carbonyl (C=O) groups excluding carboxylic acids is 2. The van der Waals surface area contributed by atoms with Gasteiger partial charge in [0.05, 0.1) is 13.2 Å². The maximum absolute atomic E-state index is 13.0. The number of hydrogen-bond donors (Lipinski definition) is 2. The molecule has 2 fully saturated rings. The van der Waals surface area contributed by atoms with Gasteiger partial charge >= 0.3 is 11.9 Å². The quantitative estimate of drug-likeness (QED) is 0.417. The summed E-state index contributed by atoms with van der Waals surface area (Å²) in [5.41, 5.74) is 0.146. The van der Waals surface area contributed by atoms with Gasteiger partial charge in [-0.15, -0.1) is 0 Å². The van der Waals surface area contributed by atoms with Crippen LogP contribution in [0.15, 0.2) is 72.8 Å². The molecular formula is C28H22O8. The van der Waals surface area contributed by atoms with Crippen LogP contribution in [0.5, 0.6) is 11.5 Å². The summed E-state index contributed by atoms with van der Waals surface area (Å²) in [6.07, 6.45) is -2.75. The van der Waals surface area contributed by atoms with Gasteiger partial charge in [-0.1, -0.05) is 60.7 Å². The highest BCUT2D eigenvalue weighted by Gasteiger charge is 2.51. The first-order valence-electron chi connectivity index (χ1n) is 11.6. The van der Waals surface area contributed by atoms with E-state index in [9.17, 15) is 19.8 Å². The molecule has 0 saturated carbocycles. The van der Waals surface area contributed by atoms with Gasteiger partial charge < -0.3 is 29.2 Å². The Balaban J connectivity index is 1.18. The molecule has 0 unspecified atom stereocenters. The molecule has 4 aromatic rings. The first-order chi connectivity index (χ1) is 17.5. The number of rotatable bonds is 4. The number of phenols is 2. The Morgan fingerprint density at radius 1 is 0.639 bits per heavy atom. The van der Waals surface area contributed by atoms with Gasteiger partial charge in [-0.3, -0.25) is 0 Å². The minimum absolute atomic E-state index is 0.0557. The van der Waals surface area contributed by atoms with Gasteiger partial charge in [0.1, 0.15) is 34.8 Å². The average molecular weight is 486 g/mol. The van der Waals surface area contributed by atoms with Gasteiger partial charge in [0, 0.05) is 0 Å². The van der Waals surface area contributed by atoms with E-state index in [1.807, 2.05) is 24.3 Å². The number of ether oxygens (including phenoxy) is 4. The summed E-state index contributed by atoms with van der Waals surface area (Å²) in [5, 5.41) is 23.4. The van der Waals surface area contributed by atoms with Crippen molar-refractivity contribution >= 4 is 33.5 Å². The fraction of sp³-hybridized carbons (Fsp3) is 0.214. The second-order valence-corrected chi connectivity index (χ2v) is 8.85. The van der Waals surface area contributed by atoms with E-state index in [-0.39, 0.29) is 35.8 Å². The van der Waals surface area contributed by atoms with Crippen LogP contribution in [-0.4, -0.2) is 59.8 Å². The van der Waals surface area contributed by atoms with Crippen LogP contribution < -0.4 is 0 Å². The third-order valence-electron chi connectivity index (χ3n) is 6.70. The predicted octanol–water partition coefficient (Wildman–Crippen LogP) is 3.95. The summed E-state index contributed by atoms with van der Waals surface area (Å²) in [6.45, 7) is 0.111. The zero-order valence-corrected chi connectivity index (χ0v) is 19.0. The first kappa shape index (κ1) is 22.3. The van der Waals surface area contributed by atoms with Crippen molar-refractivity contribution in [1.82, 2.24) is 0 Å². The maximum atomic E-state index is 13.0. The van der Waals surface area contributed by atoms with Crippen LogP contribution in [-0.2, 0) is 18.9 Å². The number of benzene rings is 4. The molecule has 4 atom stereocenters. The van der Waals surface area contributed by atoms with E-state index < -0.39 is 36.4 Å². The largest absolute Gasteiger partial charge is 0.507 e. The monoisotopic (exact) mass is 486 g/mol. The summed E-state index contributed by atoms with van der Waals surface area (Å²) in [6, 6.07) is 20.8. The van der Waals surface area contributed by atoms with Crippen LogP contribution in [0.1, 0.15) is 20.7 Å². The lowest BCUT2D eigenvalue weighted by atomic mass is 10.0. The molecule has 2 saturated heterocycles. The zero-order valence-electron chi connectivity index (χ0n) is 19.0. The van der Waals surface area contributed by atoms with Crippen molar-refractivity contribution < 1.29 is 38.7 Å². The molecule has 2 aliphatic heterocycles. The lowest BCUT2D eigenvalue weighted by Gasteiger charge is -2.18. The van der Waals surface area contributed by atoms with Crippen LogP contribution in [0, 0.1) is 0 Å². The van der Waals surface area contributed by atoms with Crippen LogP contribution in [0.2, 0.25) is 0 Å². The highest BCUT2D eigenvalue weighted by atomic mass is 16.7. The van der Waals surface area contributed by atoms with E-state index in [0.29, 0.717) is 10.8 Å². The van der Waals surface area contributed by atoms with Crippen LogP contribution >= 0.6 is 0 Å². The van der Waals surface area contributed by atoms with Crippen molar-refractivity contribution in [2.45, 2.75) is 24.4 Å². The van der Waals surface area contributed by atoms with E-state index in [0.717, 1.165) is 10.8 Å². The molecule has 0 radical (unpaired) electrons. The van der Waals surface area contributed by atoms with E-state index in [1.165, 1.54) is 12.1 Å². The molecular weight excluding hydrogens is 464 g/mol. The summed E-state index contributed by atoms with van der Waals surface area (Å²) >= 11 is 0. The third kappa shape index (κ3) is 3.71. The van der Waals surface area contributed by atoms with Gasteiger partial charge in [0.2, 0.25) is 0 Å². The zero-order chi connectivity index (χ0) is 24.8. The number of carbonyl (C=O) groups is 2. The molecule has 6 rings (SSSR count). The Morgan fingerprint density at radius 3 is 1.50 bits per heavy atom. The van der Waals surface area contributed by atoms with Gasteiger partial charge in [0.15, 0.2) is 12.2 Å². The first-order valence-corrected chi connectivity index (χ1v) is 11.6. The molecule has 4 aromatic carbocycles. The van der Waals surface area contributed by atoms with Crippen molar-refractivity contribution in [3.63, 3.8) is 0 Å². The average Bonchev–Trinajstić information content (AvgIpc) is 3.46. The standard InChI is InChI=1S/C28H22O8/c29-19-11-9-15-5-1-3-7-17(15)23(19)27(31)35-21-13-33-26-22(14-34-25(21)26)36-28(32)24-18-8-4-2-6-16(18)10-12-20(24)30/h1-12,21-22,25-26,29-30H,13-14H2/t21-,22+,25-,26-/m1/s1. The van der Waals surface area contributed by atoms with Crippen molar-refractivity contribution in [2.24, 2.45) is 0 Å². The SMILES string of the molecule is O=C(O[C@H]1CO[C@H]2[C@@H]1OC[C@H]2OC(=O)c1c(O)ccc2ccccc12)c1c(O)ccc2ccccc12. The fourth-order valence-electron chi connectivity index (χ4n) is 4.97. The Labute approximate surface area is 205 Å². The summed E-state index contributed by atoms with van der Waals surface area (Å²) < 4.78 is 23.0. The number of aromatic hydroxyl groups is 2. The molecule has 8 heteroatoms. The van der Waals surface area contributed by atoms with Crippen LogP contribution in [0.25, 0.3) is 21.5 Å². The van der Waals surface area contributed by atoms with Gasteiger partial charge in [0.25, 0.3) is 0 Å². The van der Waals surface area contributed by atoms with Crippen molar-refractivity contribution in [3.05, 3.63) is 83.9 Å². The minimum Gasteiger partial charge on any atom is -0.507 e. The normalized spacial score (nSPS) is 23.0. The second kappa shape index (κ2) is 8.82. The summed E-state index contributed by atoms with van der Waals surface area (Å²) in [4.78, 5) is 26.0. The highest BCUT2D eigenvalue weighted by Crippen LogP contribution is 2.35. The maximum Gasteiger partial charge on any atom is 0.343 e. The smallest absolute Gasteiger partial charge is 0.343 e. The van der Waals surface area contributed by atoms with Crippen molar-refractivity contribution in [1.29, 1.82) is 0 Å². The molecule has 2 N–H and O–H groups in total. The molecule has 0 aliphatic carbocycles. The lowest BCUT2D eigenvalue weighted by Crippen LogP contribution is -2.36. The Bertz CT molecular complexity index is 1380. The molecule has 182 valence electrons. The fourth-order valence-corrected chi connectivity index (χ4v) is 4.97. The summed E-state index contributed by atoms with van der Waals surface area (Å²) in [7, 11) is 0. The van der Waals surface area contributed by atoms with E-state index in [2.05, 4.69) is 0 Å². The second-order valence-electron chi connectivity index (χ2n) is 8.85. The molecule has 2 heterocycles.